The van der Waals surface area contributed by atoms with Crippen molar-refractivity contribution >= 4 is 0 Å². The monoisotopic (exact) mass is 590 g/mol. The van der Waals surface area contributed by atoms with Gasteiger partial charge in [0.25, 0.3) is 0 Å². The molecule has 1 aromatic heterocycles. The number of fused-ring (bicyclic) bond motifs is 2. The van der Waals surface area contributed by atoms with E-state index in [0.717, 1.165) is 50.4 Å². The third-order valence-corrected chi connectivity index (χ3v) is 8.51. The summed E-state index contributed by atoms with van der Waals surface area (Å²) in [5.74, 6) is 3.16. The quantitative estimate of drug-likeness (QED) is 0.200. The molecule has 0 spiro atoms. The minimum absolute atomic E-state index is 0.521. The van der Waals surface area contributed by atoms with Crippen LogP contribution < -0.4 is 4.74 Å². The van der Waals surface area contributed by atoms with Crippen molar-refractivity contribution in [2.45, 2.75) is 5.41 Å². The van der Waals surface area contributed by atoms with Crippen LogP contribution in [-0.2, 0) is 5.41 Å². The van der Waals surface area contributed by atoms with Crippen LogP contribution in [0.1, 0.15) is 27.8 Å². The van der Waals surface area contributed by atoms with Gasteiger partial charge in [0.1, 0.15) is 11.5 Å². The van der Waals surface area contributed by atoms with Gasteiger partial charge in [-0.1, -0.05) is 121 Å². The molecular weight excluding hydrogens is 564 g/mol. The van der Waals surface area contributed by atoms with Crippen molar-refractivity contribution in [2.75, 3.05) is 0 Å². The van der Waals surface area contributed by atoms with Gasteiger partial charge in [0.05, 0.1) is 17.0 Å². The van der Waals surface area contributed by atoms with Gasteiger partial charge in [-0.3, -0.25) is 0 Å². The van der Waals surface area contributed by atoms with Gasteiger partial charge in [-0.15, -0.1) is 0 Å². The van der Waals surface area contributed by atoms with Gasteiger partial charge in [-0.25, -0.2) is 15.0 Å². The SMILES string of the molecule is N#Cc1ccc(-c2nc(-c3ccccc3)nc(-c3cccc4c3C(c3ccccc3)(c3ccccc3)c3ccccc3O4)n2)cc1. The van der Waals surface area contributed by atoms with Crippen molar-refractivity contribution in [3.63, 3.8) is 0 Å². The van der Waals surface area contributed by atoms with Gasteiger partial charge in [-0.2, -0.15) is 5.26 Å². The second kappa shape index (κ2) is 11.3. The van der Waals surface area contributed by atoms with Crippen LogP contribution in [0.25, 0.3) is 34.2 Å². The Bertz CT molecular complexity index is 2190. The number of hydrogen-bond acceptors (Lipinski definition) is 5. The number of nitriles is 1. The zero-order chi connectivity index (χ0) is 30.9. The molecule has 0 aliphatic carbocycles. The van der Waals surface area contributed by atoms with Crippen LogP contribution >= 0.6 is 0 Å². The highest BCUT2D eigenvalue weighted by Crippen LogP contribution is 2.57. The lowest BCUT2D eigenvalue weighted by molar-refractivity contribution is 0.435. The highest BCUT2D eigenvalue weighted by atomic mass is 16.5. The molecule has 0 atom stereocenters. The first-order valence-corrected chi connectivity index (χ1v) is 15.1. The van der Waals surface area contributed by atoms with Crippen molar-refractivity contribution in [3.8, 4) is 51.7 Å². The van der Waals surface area contributed by atoms with Gasteiger partial charge < -0.3 is 4.74 Å². The summed E-state index contributed by atoms with van der Waals surface area (Å²) in [4.78, 5) is 15.2. The maximum atomic E-state index is 9.40. The first-order chi connectivity index (χ1) is 22.8. The molecule has 6 aromatic carbocycles. The van der Waals surface area contributed by atoms with E-state index in [0.29, 0.717) is 23.0 Å². The first-order valence-electron chi connectivity index (χ1n) is 15.1. The number of hydrogen-bond donors (Lipinski definition) is 0. The topological polar surface area (TPSA) is 71.7 Å². The van der Waals surface area contributed by atoms with E-state index in [4.69, 9.17) is 19.7 Å². The molecule has 0 saturated carbocycles. The maximum Gasteiger partial charge on any atom is 0.164 e. The Kier molecular flexibility index (Phi) is 6.67. The lowest BCUT2D eigenvalue weighted by atomic mass is 9.62. The van der Waals surface area contributed by atoms with Crippen LogP contribution in [0.15, 0.2) is 158 Å². The van der Waals surface area contributed by atoms with E-state index < -0.39 is 5.41 Å². The van der Waals surface area contributed by atoms with Gasteiger partial charge in [0, 0.05) is 27.8 Å². The summed E-state index contributed by atoms with van der Waals surface area (Å²) in [6.07, 6.45) is 0. The Morgan fingerprint density at radius 3 is 1.63 bits per heavy atom. The molecule has 5 nitrogen and oxygen atoms in total. The summed E-state index contributed by atoms with van der Waals surface area (Å²) >= 11 is 0. The number of aromatic nitrogens is 3. The fourth-order valence-corrected chi connectivity index (χ4v) is 6.49. The summed E-state index contributed by atoms with van der Waals surface area (Å²) in [6.45, 7) is 0. The predicted molar refractivity (Wildman–Crippen MR) is 179 cm³/mol. The molecule has 2 heterocycles. The summed E-state index contributed by atoms with van der Waals surface area (Å²) in [5.41, 5.74) is 6.56. The largest absolute Gasteiger partial charge is 0.457 e. The van der Waals surface area contributed by atoms with Gasteiger partial charge in [0.2, 0.25) is 0 Å². The van der Waals surface area contributed by atoms with E-state index in [1.165, 1.54) is 0 Å². The molecule has 0 radical (unpaired) electrons. The molecule has 1 aliphatic rings. The predicted octanol–water partition coefficient (Wildman–Crippen LogP) is 9.23. The van der Waals surface area contributed by atoms with Crippen LogP contribution in [0.4, 0.5) is 0 Å². The third kappa shape index (κ3) is 4.44. The number of para-hydroxylation sites is 1. The molecule has 5 heteroatoms. The minimum atomic E-state index is -0.739. The molecule has 8 rings (SSSR count). The molecule has 0 amide bonds. The van der Waals surface area contributed by atoms with E-state index in [9.17, 15) is 5.26 Å². The van der Waals surface area contributed by atoms with Crippen molar-refractivity contribution < 1.29 is 4.74 Å². The molecule has 216 valence electrons. The molecule has 0 unspecified atom stereocenters. The van der Waals surface area contributed by atoms with Crippen LogP contribution in [-0.4, -0.2) is 15.0 Å². The fraction of sp³-hybridized carbons (Fsp3) is 0.0244. The molecule has 1 aliphatic heterocycles. The Hall–Kier alpha value is -6.38. The Balaban J connectivity index is 1.47. The van der Waals surface area contributed by atoms with E-state index in [1.807, 2.05) is 78.9 Å². The number of benzene rings is 6. The number of ether oxygens (including phenoxy) is 1. The van der Waals surface area contributed by atoms with Crippen LogP contribution in [0, 0.1) is 11.3 Å². The van der Waals surface area contributed by atoms with Crippen molar-refractivity contribution in [2.24, 2.45) is 0 Å². The number of rotatable bonds is 5. The third-order valence-electron chi connectivity index (χ3n) is 8.51. The minimum Gasteiger partial charge on any atom is -0.457 e. The molecule has 0 saturated heterocycles. The smallest absolute Gasteiger partial charge is 0.164 e. The Morgan fingerprint density at radius 2 is 1.00 bits per heavy atom. The summed E-state index contributed by atoms with van der Waals surface area (Å²) in [7, 11) is 0. The fourth-order valence-electron chi connectivity index (χ4n) is 6.49. The molecule has 0 fully saturated rings. The van der Waals surface area contributed by atoms with Crippen LogP contribution in [0.2, 0.25) is 0 Å². The van der Waals surface area contributed by atoms with Crippen LogP contribution in [0.5, 0.6) is 11.5 Å². The molecule has 46 heavy (non-hydrogen) atoms. The second-order valence-corrected chi connectivity index (χ2v) is 11.1. The lowest BCUT2D eigenvalue weighted by Gasteiger charge is -2.42. The second-order valence-electron chi connectivity index (χ2n) is 11.1. The zero-order valence-corrected chi connectivity index (χ0v) is 24.7. The van der Waals surface area contributed by atoms with Crippen molar-refractivity contribution in [3.05, 3.63) is 186 Å². The molecule has 0 N–H and O–H groups in total. The average Bonchev–Trinajstić information content (AvgIpc) is 3.14. The van der Waals surface area contributed by atoms with E-state index >= 15 is 0 Å². The van der Waals surface area contributed by atoms with Crippen LogP contribution in [0.3, 0.4) is 0 Å². The van der Waals surface area contributed by atoms with Crippen molar-refractivity contribution in [1.82, 2.24) is 15.0 Å². The normalized spacial score (nSPS) is 12.7. The van der Waals surface area contributed by atoms with Gasteiger partial charge in [0.15, 0.2) is 17.5 Å². The average molecular weight is 591 g/mol. The molecular formula is C41H26N4O. The molecule has 7 aromatic rings. The summed E-state index contributed by atoms with van der Waals surface area (Å²) < 4.78 is 6.69. The number of nitrogens with zero attached hydrogens (tertiary/aromatic N) is 4. The summed E-state index contributed by atoms with van der Waals surface area (Å²) in [6, 6.07) is 55.0. The maximum absolute atomic E-state index is 9.40. The zero-order valence-electron chi connectivity index (χ0n) is 24.7. The van der Waals surface area contributed by atoms with E-state index in [-0.39, 0.29) is 0 Å². The van der Waals surface area contributed by atoms with Gasteiger partial charge in [-0.05, 0) is 47.5 Å². The highest BCUT2D eigenvalue weighted by molar-refractivity contribution is 5.79. The van der Waals surface area contributed by atoms with Gasteiger partial charge >= 0.3 is 0 Å². The van der Waals surface area contributed by atoms with E-state index in [2.05, 4.69) is 72.8 Å². The summed E-state index contributed by atoms with van der Waals surface area (Å²) in [5, 5.41) is 9.40. The molecule has 0 bridgehead atoms. The van der Waals surface area contributed by atoms with E-state index in [1.54, 1.807) is 12.1 Å². The first kappa shape index (κ1) is 27.2. The van der Waals surface area contributed by atoms with Crippen molar-refractivity contribution in [1.29, 1.82) is 5.26 Å². The lowest BCUT2D eigenvalue weighted by Crippen LogP contribution is -2.35. The standard InChI is InChI=1S/C41H26N4O/c42-27-28-23-25-30(26-24-28)39-43-38(29-13-4-1-5-14-29)44-40(45-39)33-19-12-22-36-37(33)41(31-15-6-2-7-16-31,32-17-8-3-9-18-32)34-20-10-11-21-35(34)46-36/h1-26H. The highest BCUT2D eigenvalue weighted by Gasteiger charge is 2.47. The Labute approximate surface area is 267 Å². The Morgan fingerprint density at radius 1 is 0.478 bits per heavy atom.